The molecule has 1 fully saturated rings. The number of fused-ring (bicyclic) bond motifs is 3. The van der Waals surface area contributed by atoms with Crippen LogP contribution in [-0.4, -0.2) is 27.6 Å². The second-order valence-corrected chi connectivity index (χ2v) is 9.98. The molecule has 0 spiro atoms. The van der Waals surface area contributed by atoms with Crippen molar-refractivity contribution in [2.75, 3.05) is 13.1 Å². The minimum Gasteiger partial charge on any atom is -0.489 e. The molecule has 6 nitrogen and oxygen atoms in total. The maximum absolute atomic E-state index is 13.3. The molecule has 2 heterocycles. The maximum Gasteiger partial charge on any atom is 0.206 e. The molecule has 2 aliphatic heterocycles. The number of hydrogen-bond donors (Lipinski definition) is 1. The van der Waals surface area contributed by atoms with Crippen LogP contribution in [0.15, 0.2) is 76.5 Å². The monoisotopic (exact) mass is 446 g/mol. The first kappa shape index (κ1) is 20.6. The minimum atomic E-state index is -3.72. The van der Waals surface area contributed by atoms with Gasteiger partial charge in [0.1, 0.15) is 24.2 Å². The van der Waals surface area contributed by atoms with Crippen LogP contribution in [-0.2, 0) is 16.4 Å². The highest BCUT2D eigenvalue weighted by Crippen LogP contribution is 2.42. The minimum absolute atomic E-state index is 0.0654. The molecule has 0 amide bonds. The summed E-state index contributed by atoms with van der Waals surface area (Å²) in [6.45, 7) is 2.00. The lowest BCUT2D eigenvalue weighted by Gasteiger charge is -2.24. The molecule has 7 heteroatoms. The quantitative estimate of drug-likeness (QED) is 0.641. The SMILES string of the molecule is N#Cc1ccc(COc2cccc(S(=O)(=O)c3ccc4c(c3)OC3CNCCC43)c2)cc1. The van der Waals surface area contributed by atoms with Crippen LogP contribution in [0.3, 0.4) is 0 Å². The van der Waals surface area contributed by atoms with E-state index in [1.165, 1.54) is 6.07 Å². The van der Waals surface area contributed by atoms with Crippen molar-refractivity contribution in [1.29, 1.82) is 5.26 Å². The van der Waals surface area contributed by atoms with Gasteiger partial charge in [0.05, 0.1) is 21.4 Å². The van der Waals surface area contributed by atoms with Crippen molar-refractivity contribution in [1.82, 2.24) is 5.32 Å². The van der Waals surface area contributed by atoms with E-state index in [4.69, 9.17) is 14.7 Å². The molecule has 0 radical (unpaired) electrons. The topological polar surface area (TPSA) is 88.4 Å². The first-order valence-electron chi connectivity index (χ1n) is 10.5. The molecule has 1 saturated heterocycles. The third-order valence-electron chi connectivity index (χ3n) is 6.00. The van der Waals surface area contributed by atoms with Crippen LogP contribution >= 0.6 is 0 Å². The number of nitriles is 1. The Hall–Kier alpha value is -3.34. The van der Waals surface area contributed by atoms with Gasteiger partial charge in [0.25, 0.3) is 0 Å². The zero-order chi connectivity index (χ0) is 22.1. The molecule has 2 unspecified atom stereocenters. The normalized spacial score (nSPS) is 19.3. The Morgan fingerprint density at radius 3 is 2.69 bits per heavy atom. The molecular formula is C25H22N2O4S. The standard InChI is InChI=1S/C25H22N2O4S/c26-14-17-4-6-18(7-5-17)16-30-19-2-1-3-20(12-19)32(28,29)21-8-9-22-23-10-11-27-15-25(23)31-24(22)13-21/h1-9,12-13,23,25,27H,10-11,15-16H2. The number of rotatable bonds is 5. The highest BCUT2D eigenvalue weighted by atomic mass is 32.2. The van der Waals surface area contributed by atoms with Crippen LogP contribution in [0.5, 0.6) is 11.5 Å². The summed E-state index contributed by atoms with van der Waals surface area (Å²) < 4.78 is 38.4. The van der Waals surface area contributed by atoms with Crippen molar-refractivity contribution in [3.63, 3.8) is 0 Å². The summed E-state index contributed by atoms with van der Waals surface area (Å²) in [4.78, 5) is 0.388. The molecular weight excluding hydrogens is 424 g/mol. The predicted octanol–water partition coefficient (Wildman–Crippen LogP) is 3.81. The van der Waals surface area contributed by atoms with Gasteiger partial charge in [-0.15, -0.1) is 0 Å². The summed E-state index contributed by atoms with van der Waals surface area (Å²) in [5, 5.41) is 12.2. The van der Waals surface area contributed by atoms with Gasteiger partial charge in [0.15, 0.2) is 0 Å². The van der Waals surface area contributed by atoms with E-state index in [1.54, 1.807) is 42.5 Å². The average Bonchev–Trinajstić information content (AvgIpc) is 3.21. The molecule has 1 N–H and O–H groups in total. The molecule has 3 aromatic carbocycles. The van der Waals surface area contributed by atoms with E-state index < -0.39 is 9.84 Å². The summed E-state index contributed by atoms with van der Waals surface area (Å²) in [6, 6.07) is 20.9. The van der Waals surface area contributed by atoms with Gasteiger partial charge >= 0.3 is 0 Å². The smallest absolute Gasteiger partial charge is 0.206 e. The molecule has 0 aromatic heterocycles. The highest BCUT2D eigenvalue weighted by Gasteiger charge is 2.36. The Morgan fingerprint density at radius 1 is 1.06 bits per heavy atom. The van der Waals surface area contributed by atoms with Crippen molar-refractivity contribution < 1.29 is 17.9 Å². The van der Waals surface area contributed by atoms with Crippen LogP contribution in [0.25, 0.3) is 0 Å². The van der Waals surface area contributed by atoms with Gasteiger partial charge in [-0.25, -0.2) is 8.42 Å². The van der Waals surface area contributed by atoms with Gasteiger partial charge in [0.2, 0.25) is 9.84 Å². The molecule has 0 bridgehead atoms. The van der Waals surface area contributed by atoms with Gasteiger partial charge in [-0.05, 0) is 61.0 Å². The Bertz CT molecular complexity index is 1300. The summed E-state index contributed by atoms with van der Waals surface area (Å²) in [5.41, 5.74) is 2.56. The largest absolute Gasteiger partial charge is 0.489 e. The number of hydrogen-bond acceptors (Lipinski definition) is 6. The van der Waals surface area contributed by atoms with Gasteiger partial charge < -0.3 is 14.8 Å². The van der Waals surface area contributed by atoms with Crippen LogP contribution < -0.4 is 14.8 Å². The second-order valence-electron chi connectivity index (χ2n) is 8.03. The van der Waals surface area contributed by atoms with E-state index in [-0.39, 0.29) is 22.5 Å². The Kier molecular flexibility index (Phi) is 5.33. The first-order chi connectivity index (χ1) is 15.5. The number of sulfone groups is 1. The Labute approximate surface area is 187 Å². The molecule has 32 heavy (non-hydrogen) atoms. The van der Waals surface area contributed by atoms with Crippen LogP contribution in [0.1, 0.15) is 29.0 Å². The van der Waals surface area contributed by atoms with E-state index >= 15 is 0 Å². The molecule has 2 atom stereocenters. The van der Waals surface area contributed by atoms with Crippen molar-refractivity contribution in [2.45, 2.75) is 34.8 Å². The second kappa shape index (κ2) is 8.30. The lowest BCUT2D eigenvalue weighted by Crippen LogP contribution is -2.39. The molecule has 162 valence electrons. The summed E-state index contributed by atoms with van der Waals surface area (Å²) in [6.07, 6.45) is 1.05. The van der Waals surface area contributed by atoms with Crippen molar-refractivity contribution >= 4 is 9.84 Å². The van der Waals surface area contributed by atoms with E-state index in [0.29, 0.717) is 23.0 Å². The fourth-order valence-corrected chi connectivity index (χ4v) is 5.58. The van der Waals surface area contributed by atoms with E-state index in [2.05, 4.69) is 11.4 Å². The van der Waals surface area contributed by atoms with Crippen LogP contribution in [0.2, 0.25) is 0 Å². The zero-order valence-electron chi connectivity index (χ0n) is 17.3. The molecule has 5 rings (SSSR count). The van der Waals surface area contributed by atoms with Crippen molar-refractivity contribution in [3.8, 4) is 17.6 Å². The summed E-state index contributed by atoms with van der Waals surface area (Å²) in [5.74, 6) is 1.45. The maximum atomic E-state index is 13.3. The Balaban J connectivity index is 1.36. The number of piperidine rings is 1. The highest BCUT2D eigenvalue weighted by molar-refractivity contribution is 7.91. The lowest BCUT2D eigenvalue weighted by atomic mass is 9.90. The number of nitrogens with zero attached hydrogens (tertiary/aromatic N) is 1. The molecule has 2 aliphatic rings. The van der Waals surface area contributed by atoms with Gasteiger partial charge in [-0.1, -0.05) is 24.3 Å². The van der Waals surface area contributed by atoms with E-state index in [1.807, 2.05) is 18.2 Å². The third-order valence-corrected chi connectivity index (χ3v) is 7.75. The number of ether oxygens (including phenoxy) is 2. The van der Waals surface area contributed by atoms with Crippen molar-refractivity contribution in [2.24, 2.45) is 0 Å². The molecule has 0 saturated carbocycles. The lowest BCUT2D eigenvalue weighted by molar-refractivity contribution is 0.176. The summed E-state index contributed by atoms with van der Waals surface area (Å²) >= 11 is 0. The fourth-order valence-electron chi connectivity index (χ4n) is 4.27. The Morgan fingerprint density at radius 2 is 1.88 bits per heavy atom. The fraction of sp³-hybridized carbons (Fsp3) is 0.240. The van der Waals surface area contributed by atoms with Crippen molar-refractivity contribution in [3.05, 3.63) is 83.4 Å². The average molecular weight is 447 g/mol. The number of benzene rings is 3. The summed E-state index contributed by atoms with van der Waals surface area (Å²) in [7, 11) is -3.72. The predicted molar refractivity (Wildman–Crippen MR) is 118 cm³/mol. The van der Waals surface area contributed by atoms with E-state index in [9.17, 15) is 8.42 Å². The molecule has 0 aliphatic carbocycles. The first-order valence-corrected chi connectivity index (χ1v) is 12.0. The van der Waals surface area contributed by atoms with Gasteiger partial charge in [-0.3, -0.25) is 0 Å². The molecule has 3 aromatic rings. The van der Waals surface area contributed by atoms with Crippen LogP contribution in [0.4, 0.5) is 0 Å². The van der Waals surface area contributed by atoms with Gasteiger partial charge in [-0.2, -0.15) is 5.26 Å². The number of nitrogens with one attached hydrogen (secondary N) is 1. The van der Waals surface area contributed by atoms with E-state index in [0.717, 1.165) is 30.6 Å². The zero-order valence-corrected chi connectivity index (χ0v) is 18.1. The third kappa shape index (κ3) is 3.83. The van der Waals surface area contributed by atoms with Crippen LogP contribution in [0, 0.1) is 11.3 Å². The van der Waals surface area contributed by atoms with Gasteiger partial charge in [0, 0.05) is 18.0 Å².